The zero-order valence-electron chi connectivity index (χ0n) is 41.6. The summed E-state index contributed by atoms with van der Waals surface area (Å²) in [4.78, 5) is 68.9. The summed E-state index contributed by atoms with van der Waals surface area (Å²) in [7, 11) is 0. The van der Waals surface area contributed by atoms with Gasteiger partial charge in [-0.3, -0.25) is 19.2 Å². The zero-order valence-corrected chi connectivity index (χ0v) is 42.4. The molecule has 1 unspecified atom stereocenters. The number of aryl methyl sites for hydroxylation is 1. The summed E-state index contributed by atoms with van der Waals surface area (Å²) in [6.07, 6.45) is 6.27. The standard InChI is InChI=1S/C53H63F2N11O6S/c1-34-47(73-33-61-34)36-19-17-35(18-20-36)28-58-51(70)44-27-39(67)31-66(44)52(71)48(53(2,3)4)62-46(68)16-7-5-6-8-24-72-25-11-23-65-45(63-64-49(65)43-21-22-56-32-60-43)30-57-38-13-9-12-37(26-38)50(69)59-29-40-41(54)14-10-15-42(40)55/h9-10,12-15,17-22,26,32-33,39,44,48,57,67H,5-8,11,16,23-25,27-31H2,1-4H3,(H,58,70)(H,59,69)(H,62,68)/t39-,44?,48-/m1/s1. The Labute approximate surface area is 427 Å². The molecule has 386 valence electrons. The molecular weight excluding hydrogens is 957 g/mol. The second-order valence-corrected chi connectivity index (χ2v) is 19.9. The van der Waals surface area contributed by atoms with Crippen LogP contribution in [0.1, 0.15) is 98.7 Å². The number of nitrogens with one attached hydrogen (secondary N) is 4. The molecule has 1 aliphatic rings. The second kappa shape index (κ2) is 25.6. The van der Waals surface area contributed by atoms with E-state index in [9.17, 15) is 33.1 Å². The number of thiazole rings is 1. The molecule has 3 aromatic heterocycles. The zero-order chi connectivity index (χ0) is 51.9. The molecule has 4 amide bonds. The maximum atomic E-state index is 14.1. The Kier molecular flexibility index (Phi) is 18.8. The predicted molar refractivity (Wildman–Crippen MR) is 273 cm³/mol. The van der Waals surface area contributed by atoms with E-state index in [0.717, 1.165) is 53.1 Å². The van der Waals surface area contributed by atoms with Crippen molar-refractivity contribution in [3.8, 4) is 22.0 Å². The number of nitrogens with zero attached hydrogens (tertiary/aromatic N) is 7. The molecule has 1 aliphatic heterocycles. The van der Waals surface area contributed by atoms with Gasteiger partial charge in [0.15, 0.2) is 11.6 Å². The van der Waals surface area contributed by atoms with Crippen molar-refractivity contribution in [3.63, 3.8) is 0 Å². The molecule has 0 bridgehead atoms. The Bertz CT molecular complexity index is 2780. The molecule has 7 rings (SSSR count). The van der Waals surface area contributed by atoms with E-state index in [1.165, 1.54) is 17.3 Å². The number of β-amino-alcohol motifs (C(OH)–C–C–N with tert-alkyl or cyclic N) is 1. The highest BCUT2D eigenvalue weighted by Crippen LogP contribution is 2.29. The van der Waals surface area contributed by atoms with Crippen LogP contribution in [0.25, 0.3) is 22.0 Å². The van der Waals surface area contributed by atoms with Crippen molar-refractivity contribution in [2.24, 2.45) is 5.41 Å². The van der Waals surface area contributed by atoms with Crippen molar-refractivity contribution in [2.75, 3.05) is 25.1 Å². The van der Waals surface area contributed by atoms with E-state index < -0.39 is 47.1 Å². The van der Waals surface area contributed by atoms with E-state index in [-0.39, 0.29) is 56.4 Å². The lowest BCUT2D eigenvalue weighted by molar-refractivity contribution is -0.144. The number of carbonyl (C=O) groups is 4. The number of aliphatic hydroxyl groups excluding tert-OH is 1. The van der Waals surface area contributed by atoms with Gasteiger partial charge in [-0.15, -0.1) is 21.5 Å². The first-order chi connectivity index (χ1) is 35.2. The fourth-order valence-electron chi connectivity index (χ4n) is 8.52. The number of carbonyl (C=O) groups excluding carboxylic acids is 4. The fraction of sp³-hybridized carbons (Fsp3) is 0.415. The Morgan fingerprint density at radius 1 is 0.877 bits per heavy atom. The minimum Gasteiger partial charge on any atom is -0.391 e. The Hall–Kier alpha value is -7.03. The average Bonchev–Trinajstić information content (AvgIpc) is 4.12. The predicted octanol–water partition coefficient (Wildman–Crippen LogP) is 7.15. The van der Waals surface area contributed by atoms with Gasteiger partial charge in [0, 0.05) is 75.2 Å². The van der Waals surface area contributed by atoms with Gasteiger partial charge in [-0.05, 0) is 79.1 Å². The monoisotopic (exact) mass is 1020 g/mol. The van der Waals surface area contributed by atoms with Gasteiger partial charge in [-0.1, -0.05) is 70.0 Å². The summed E-state index contributed by atoms with van der Waals surface area (Å²) in [6.45, 7) is 9.35. The number of aromatic nitrogens is 6. The molecule has 73 heavy (non-hydrogen) atoms. The van der Waals surface area contributed by atoms with E-state index in [4.69, 9.17) is 4.74 Å². The molecule has 0 saturated carbocycles. The van der Waals surface area contributed by atoms with Gasteiger partial charge < -0.3 is 40.6 Å². The normalized spacial score (nSPS) is 15.0. The summed E-state index contributed by atoms with van der Waals surface area (Å²) in [6, 6.07) is 18.2. The van der Waals surface area contributed by atoms with Crippen LogP contribution < -0.4 is 21.3 Å². The number of amides is 4. The van der Waals surface area contributed by atoms with Crippen LogP contribution in [0.3, 0.4) is 0 Å². The maximum absolute atomic E-state index is 14.1. The van der Waals surface area contributed by atoms with Crippen LogP contribution in [0.2, 0.25) is 0 Å². The van der Waals surface area contributed by atoms with E-state index in [1.807, 2.05) is 62.0 Å². The summed E-state index contributed by atoms with van der Waals surface area (Å²) >= 11 is 1.57. The van der Waals surface area contributed by atoms with E-state index in [1.54, 1.807) is 47.9 Å². The van der Waals surface area contributed by atoms with Crippen LogP contribution in [0, 0.1) is 24.0 Å². The first-order valence-electron chi connectivity index (χ1n) is 24.5. The molecule has 3 aromatic carbocycles. The van der Waals surface area contributed by atoms with Crippen molar-refractivity contribution < 1.29 is 37.8 Å². The number of rotatable bonds is 24. The molecule has 0 aliphatic carbocycles. The fourth-order valence-corrected chi connectivity index (χ4v) is 9.33. The molecule has 4 heterocycles. The van der Waals surface area contributed by atoms with E-state index in [0.29, 0.717) is 61.2 Å². The largest absolute Gasteiger partial charge is 0.391 e. The van der Waals surface area contributed by atoms with Crippen LogP contribution in [-0.4, -0.2) is 101 Å². The van der Waals surface area contributed by atoms with Crippen molar-refractivity contribution in [3.05, 3.63) is 131 Å². The Balaban J connectivity index is 0.817. The van der Waals surface area contributed by atoms with Crippen molar-refractivity contribution >= 4 is 40.7 Å². The molecule has 0 spiro atoms. The number of benzene rings is 3. The maximum Gasteiger partial charge on any atom is 0.251 e. The number of ether oxygens (including phenoxy) is 1. The summed E-state index contributed by atoms with van der Waals surface area (Å²) in [5.41, 5.74) is 5.38. The van der Waals surface area contributed by atoms with Crippen LogP contribution in [0.5, 0.6) is 0 Å². The number of aliphatic hydroxyl groups is 1. The lowest BCUT2D eigenvalue weighted by Gasteiger charge is -2.35. The van der Waals surface area contributed by atoms with Gasteiger partial charge in [0.1, 0.15) is 35.7 Å². The van der Waals surface area contributed by atoms with Gasteiger partial charge in [0.25, 0.3) is 5.91 Å². The number of halogens is 2. The highest BCUT2D eigenvalue weighted by Gasteiger charge is 2.44. The number of hydrogen-bond donors (Lipinski definition) is 5. The SMILES string of the molecule is Cc1ncsc1-c1ccc(CNC(=O)C2C[C@@H](O)CN2C(=O)[C@@H](NC(=O)CCCCCCOCCCn2c(CNc3cccc(C(=O)NCc4c(F)cccc4F)c3)nnc2-c2ccncn2)C(C)(C)C)cc1. The first kappa shape index (κ1) is 53.8. The van der Waals surface area contributed by atoms with Gasteiger partial charge in [-0.2, -0.15) is 0 Å². The Morgan fingerprint density at radius 2 is 1.63 bits per heavy atom. The van der Waals surface area contributed by atoms with E-state index in [2.05, 4.69) is 46.4 Å². The lowest BCUT2D eigenvalue weighted by Crippen LogP contribution is -2.57. The quantitative estimate of drug-likeness (QED) is 0.0382. The minimum absolute atomic E-state index is 0.00234. The van der Waals surface area contributed by atoms with Crippen molar-refractivity contribution in [1.82, 2.24) is 50.6 Å². The minimum atomic E-state index is -0.897. The number of likely N-dealkylation sites (tertiary alicyclic amines) is 1. The van der Waals surface area contributed by atoms with Crippen LogP contribution in [0.4, 0.5) is 14.5 Å². The first-order valence-corrected chi connectivity index (χ1v) is 25.4. The van der Waals surface area contributed by atoms with Crippen LogP contribution in [-0.2, 0) is 45.3 Å². The van der Waals surface area contributed by atoms with Crippen molar-refractivity contribution in [1.29, 1.82) is 0 Å². The third kappa shape index (κ3) is 14.8. The van der Waals surface area contributed by atoms with Crippen LogP contribution >= 0.6 is 11.3 Å². The molecule has 17 nitrogen and oxygen atoms in total. The lowest BCUT2D eigenvalue weighted by atomic mass is 9.85. The topological polar surface area (TPSA) is 218 Å². The molecule has 1 saturated heterocycles. The molecule has 6 aromatic rings. The third-order valence-corrected chi connectivity index (χ3v) is 13.5. The highest BCUT2D eigenvalue weighted by molar-refractivity contribution is 7.13. The summed E-state index contributed by atoms with van der Waals surface area (Å²) in [5, 5.41) is 31.2. The molecule has 20 heteroatoms. The molecule has 3 atom stereocenters. The second-order valence-electron chi connectivity index (χ2n) is 19.1. The van der Waals surface area contributed by atoms with Crippen LogP contribution in [0.15, 0.2) is 90.8 Å². The van der Waals surface area contributed by atoms with Crippen molar-refractivity contribution in [2.45, 2.75) is 117 Å². The highest BCUT2D eigenvalue weighted by atomic mass is 32.1. The molecule has 0 radical (unpaired) electrons. The summed E-state index contributed by atoms with van der Waals surface area (Å²) < 4.78 is 36.2. The van der Waals surface area contributed by atoms with E-state index >= 15 is 0 Å². The molecule has 1 fully saturated rings. The molecular formula is C53H63F2N11O6S. The smallest absolute Gasteiger partial charge is 0.251 e. The van der Waals surface area contributed by atoms with Gasteiger partial charge in [-0.25, -0.2) is 23.7 Å². The number of hydrogen-bond acceptors (Lipinski definition) is 13. The average molecular weight is 1020 g/mol. The Morgan fingerprint density at radius 3 is 2.36 bits per heavy atom. The van der Waals surface area contributed by atoms with Gasteiger partial charge in [0.2, 0.25) is 17.7 Å². The number of unbranched alkanes of at least 4 members (excludes halogenated alkanes) is 3. The van der Waals surface area contributed by atoms with Gasteiger partial charge >= 0.3 is 0 Å². The number of anilines is 1. The van der Waals surface area contributed by atoms with Gasteiger partial charge in [0.05, 0.1) is 28.7 Å². The third-order valence-electron chi connectivity index (χ3n) is 12.5. The molecule has 5 N–H and O–H groups in total. The summed E-state index contributed by atoms with van der Waals surface area (Å²) in [5.74, 6) is -1.77.